The Morgan fingerprint density at radius 1 is 0.967 bits per heavy atom. The van der Waals surface area contributed by atoms with Crippen LogP contribution in [-0.4, -0.2) is 30.9 Å². The number of nitrogens with zero attached hydrogens (tertiary/aromatic N) is 2. The predicted molar refractivity (Wildman–Crippen MR) is 119 cm³/mol. The first kappa shape index (κ1) is 21.2. The zero-order valence-electron chi connectivity index (χ0n) is 18.2. The summed E-state index contributed by atoms with van der Waals surface area (Å²) in [7, 11) is 3.08. The largest absolute Gasteiger partial charge is 0.493 e. The molecular formula is C24H27N3O3. The van der Waals surface area contributed by atoms with Gasteiger partial charge in [-0.25, -0.2) is 5.43 Å². The highest BCUT2D eigenvalue weighted by atomic mass is 16.5. The third-order valence-corrected chi connectivity index (χ3v) is 5.08. The molecule has 0 aliphatic heterocycles. The standard InChI is InChI=1S/C24H27N3O3/c1-15-7-9-21(16(2)11-15)27-17(3)12-20(18(27)4)14-25-26-24(28)19-8-10-22(29-5)23(13-19)30-6/h7-14H,1-6H3,(H,26,28)/b25-14+. The summed E-state index contributed by atoms with van der Waals surface area (Å²) in [5.41, 5.74) is 9.71. The fourth-order valence-corrected chi connectivity index (χ4v) is 3.55. The SMILES string of the molecule is COc1ccc(C(=O)N/N=C/c2cc(C)n(-c3ccc(C)cc3C)c2C)cc1OC. The highest BCUT2D eigenvalue weighted by molar-refractivity contribution is 5.95. The van der Waals surface area contributed by atoms with Gasteiger partial charge >= 0.3 is 0 Å². The average molecular weight is 405 g/mol. The first-order valence-corrected chi connectivity index (χ1v) is 9.67. The number of carbonyl (C=O) groups excluding carboxylic acids is 1. The molecule has 156 valence electrons. The number of hydrogen-bond donors (Lipinski definition) is 1. The molecule has 0 unspecified atom stereocenters. The quantitative estimate of drug-likeness (QED) is 0.485. The van der Waals surface area contributed by atoms with Crippen LogP contribution in [0.3, 0.4) is 0 Å². The lowest BCUT2D eigenvalue weighted by molar-refractivity contribution is 0.0954. The summed E-state index contributed by atoms with van der Waals surface area (Å²) >= 11 is 0. The van der Waals surface area contributed by atoms with Gasteiger partial charge in [-0.05, 0) is 63.6 Å². The number of aryl methyl sites for hydroxylation is 3. The van der Waals surface area contributed by atoms with Crippen LogP contribution in [0.4, 0.5) is 0 Å². The van der Waals surface area contributed by atoms with Crippen molar-refractivity contribution in [2.24, 2.45) is 5.10 Å². The summed E-state index contributed by atoms with van der Waals surface area (Å²) in [5.74, 6) is 0.734. The van der Waals surface area contributed by atoms with Gasteiger partial charge in [0.15, 0.2) is 11.5 Å². The number of rotatable bonds is 6. The third-order valence-electron chi connectivity index (χ3n) is 5.08. The van der Waals surface area contributed by atoms with Crippen LogP contribution in [0.5, 0.6) is 11.5 Å². The van der Waals surface area contributed by atoms with Gasteiger partial charge in [-0.2, -0.15) is 5.10 Å². The van der Waals surface area contributed by atoms with E-state index in [2.05, 4.69) is 60.1 Å². The van der Waals surface area contributed by atoms with Crippen molar-refractivity contribution in [1.29, 1.82) is 0 Å². The Labute approximate surface area is 177 Å². The topological polar surface area (TPSA) is 64.8 Å². The Bertz CT molecular complexity index is 1110. The lowest BCUT2D eigenvalue weighted by atomic mass is 10.1. The molecule has 3 aromatic rings. The summed E-state index contributed by atoms with van der Waals surface area (Å²) in [6.07, 6.45) is 1.67. The molecule has 2 aromatic carbocycles. The minimum absolute atomic E-state index is 0.324. The number of hydrogen-bond acceptors (Lipinski definition) is 4. The molecule has 0 bridgehead atoms. The zero-order chi connectivity index (χ0) is 21.8. The lowest BCUT2D eigenvalue weighted by Gasteiger charge is -2.13. The van der Waals surface area contributed by atoms with E-state index in [0.717, 1.165) is 22.6 Å². The van der Waals surface area contributed by atoms with E-state index in [0.29, 0.717) is 17.1 Å². The monoisotopic (exact) mass is 405 g/mol. The Morgan fingerprint density at radius 3 is 2.37 bits per heavy atom. The molecule has 1 aromatic heterocycles. The number of hydrazone groups is 1. The molecule has 0 radical (unpaired) electrons. The van der Waals surface area contributed by atoms with Gasteiger partial charge in [0.1, 0.15) is 0 Å². The van der Waals surface area contributed by atoms with E-state index in [1.165, 1.54) is 18.2 Å². The van der Waals surface area contributed by atoms with E-state index in [1.807, 2.05) is 6.92 Å². The van der Waals surface area contributed by atoms with Gasteiger partial charge in [0.25, 0.3) is 5.91 Å². The van der Waals surface area contributed by atoms with Crippen LogP contribution in [0.2, 0.25) is 0 Å². The fraction of sp³-hybridized carbons (Fsp3) is 0.250. The van der Waals surface area contributed by atoms with Crippen molar-refractivity contribution >= 4 is 12.1 Å². The number of benzene rings is 2. The van der Waals surface area contributed by atoms with Crippen molar-refractivity contribution in [3.05, 3.63) is 76.1 Å². The average Bonchev–Trinajstić information content (AvgIpc) is 3.00. The van der Waals surface area contributed by atoms with Crippen LogP contribution in [0.15, 0.2) is 47.6 Å². The normalized spacial score (nSPS) is 11.0. The van der Waals surface area contributed by atoms with Gasteiger partial charge < -0.3 is 14.0 Å². The van der Waals surface area contributed by atoms with E-state index in [-0.39, 0.29) is 5.91 Å². The van der Waals surface area contributed by atoms with E-state index in [1.54, 1.807) is 31.5 Å². The van der Waals surface area contributed by atoms with Crippen LogP contribution >= 0.6 is 0 Å². The minimum Gasteiger partial charge on any atom is -0.493 e. The first-order valence-electron chi connectivity index (χ1n) is 9.67. The molecule has 6 heteroatoms. The Balaban J connectivity index is 1.80. The molecule has 30 heavy (non-hydrogen) atoms. The number of amides is 1. The minimum atomic E-state index is -0.324. The summed E-state index contributed by atoms with van der Waals surface area (Å²) in [6.45, 7) is 8.30. The van der Waals surface area contributed by atoms with Gasteiger partial charge in [0.05, 0.1) is 20.4 Å². The van der Waals surface area contributed by atoms with Crippen LogP contribution < -0.4 is 14.9 Å². The van der Waals surface area contributed by atoms with E-state index in [9.17, 15) is 4.79 Å². The second-order valence-electron chi connectivity index (χ2n) is 7.22. The number of aromatic nitrogens is 1. The smallest absolute Gasteiger partial charge is 0.271 e. The molecule has 0 atom stereocenters. The number of ether oxygens (including phenoxy) is 2. The molecule has 1 heterocycles. The number of methoxy groups -OCH3 is 2. The van der Waals surface area contributed by atoms with E-state index >= 15 is 0 Å². The first-order chi connectivity index (χ1) is 14.3. The predicted octanol–water partition coefficient (Wildman–Crippen LogP) is 4.49. The Hall–Kier alpha value is -3.54. The summed E-state index contributed by atoms with van der Waals surface area (Å²) in [4.78, 5) is 12.4. The summed E-state index contributed by atoms with van der Waals surface area (Å²) in [5, 5.41) is 4.15. The van der Waals surface area contributed by atoms with Crippen molar-refractivity contribution in [1.82, 2.24) is 9.99 Å². The van der Waals surface area contributed by atoms with Crippen LogP contribution in [-0.2, 0) is 0 Å². The van der Waals surface area contributed by atoms with Gasteiger partial charge in [0, 0.05) is 28.2 Å². The highest BCUT2D eigenvalue weighted by Gasteiger charge is 2.12. The Kier molecular flexibility index (Phi) is 6.26. The van der Waals surface area contributed by atoms with Gasteiger partial charge in [-0.1, -0.05) is 17.7 Å². The summed E-state index contributed by atoms with van der Waals surface area (Å²) in [6, 6.07) is 13.4. The molecule has 6 nitrogen and oxygen atoms in total. The van der Waals surface area contributed by atoms with Crippen LogP contribution in [0, 0.1) is 27.7 Å². The van der Waals surface area contributed by atoms with Crippen LogP contribution in [0.25, 0.3) is 5.69 Å². The van der Waals surface area contributed by atoms with Crippen molar-refractivity contribution in [2.45, 2.75) is 27.7 Å². The molecule has 0 fully saturated rings. The van der Waals surface area contributed by atoms with Crippen molar-refractivity contribution in [2.75, 3.05) is 14.2 Å². The molecule has 0 saturated heterocycles. The molecule has 0 spiro atoms. The van der Waals surface area contributed by atoms with Crippen molar-refractivity contribution < 1.29 is 14.3 Å². The maximum atomic E-state index is 12.4. The molecule has 0 aliphatic carbocycles. The van der Waals surface area contributed by atoms with Crippen molar-refractivity contribution in [3.8, 4) is 17.2 Å². The lowest BCUT2D eigenvalue weighted by Crippen LogP contribution is -2.17. The summed E-state index contributed by atoms with van der Waals surface area (Å²) < 4.78 is 12.6. The third kappa shape index (κ3) is 4.22. The molecule has 1 amide bonds. The second kappa shape index (κ2) is 8.86. The molecule has 3 rings (SSSR count). The Morgan fingerprint density at radius 2 is 1.70 bits per heavy atom. The number of carbonyl (C=O) groups is 1. The van der Waals surface area contributed by atoms with Gasteiger partial charge in [-0.3, -0.25) is 4.79 Å². The van der Waals surface area contributed by atoms with E-state index in [4.69, 9.17) is 9.47 Å². The fourth-order valence-electron chi connectivity index (χ4n) is 3.55. The number of nitrogens with one attached hydrogen (secondary N) is 1. The molecule has 0 saturated carbocycles. The van der Waals surface area contributed by atoms with Crippen LogP contribution in [0.1, 0.15) is 38.4 Å². The van der Waals surface area contributed by atoms with E-state index < -0.39 is 0 Å². The molecule has 1 N–H and O–H groups in total. The second-order valence-corrected chi connectivity index (χ2v) is 7.22. The van der Waals surface area contributed by atoms with Gasteiger partial charge in [-0.15, -0.1) is 0 Å². The zero-order valence-corrected chi connectivity index (χ0v) is 18.2. The van der Waals surface area contributed by atoms with Gasteiger partial charge in [0.2, 0.25) is 0 Å². The van der Waals surface area contributed by atoms with Crippen molar-refractivity contribution in [3.63, 3.8) is 0 Å². The maximum Gasteiger partial charge on any atom is 0.271 e. The maximum absolute atomic E-state index is 12.4. The molecule has 0 aliphatic rings. The highest BCUT2D eigenvalue weighted by Crippen LogP contribution is 2.27. The molecular weight excluding hydrogens is 378 g/mol.